The van der Waals surface area contributed by atoms with Crippen molar-refractivity contribution >= 4 is 28.7 Å². The zero-order valence-electron chi connectivity index (χ0n) is 16.8. The summed E-state index contributed by atoms with van der Waals surface area (Å²) < 4.78 is 1.29. The van der Waals surface area contributed by atoms with Crippen LogP contribution in [0.1, 0.15) is 36.0 Å². The minimum Gasteiger partial charge on any atom is -0.391 e. The molecule has 152 valence electrons. The first kappa shape index (κ1) is 19.7. The molecule has 2 fully saturated rings. The van der Waals surface area contributed by atoms with Crippen LogP contribution in [0.5, 0.6) is 0 Å². The molecule has 3 aliphatic rings. The van der Waals surface area contributed by atoms with Crippen LogP contribution in [0.4, 0.5) is 0 Å². The maximum absolute atomic E-state index is 10.8. The summed E-state index contributed by atoms with van der Waals surface area (Å²) in [6.45, 7) is 5.06. The highest BCUT2D eigenvalue weighted by Gasteiger charge is 2.41. The third-order valence-electron chi connectivity index (χ3n) is 7.16. The van der Waals surface area contributed by atoms with Crippen molar-refractivity contribution < 1.29 is 5.11 Å². The molecule has 2 heterocycles. The summed E-state index contributed by atoms with van der Waals surface area (Å²) in [7, 11) is 0. The number of aliphatic hydroxyl groups excluding tert-OH is 1. The number of likely N-dealkylation sites (tertiary alicyclic amines) is 2. The standard InChI is InChI=1S/C25H29IN2O/c26-21-6-3-4-19(16-21)17-27-13-9-24(29)23(18-27)28-14-11-25(12-15-28)10-8-20-5-1-2-7-22(20)25/h1-8,10,16,23-24,29H,9,11-15,17-18H2/t23-,24-/m1/s1. The van der Waals surface area contributed by atoms with E-state index in [9.17, 15) is 5.11 Å². The summed E-state index contributed by atoms with van der Waals surface area (Å²) in [5.74, 6) is 0. The van der Waals surface area contributed by atoms with Gasteiger partial charge in [0.05, 0.1) is 6.10 Å². The maximum atomic E-state index is 10.8. The number of rotatable bonds is 3. The fourth-order valence-corrected chi connectivity index (χ4v) is 6.11. The molecule has 2 aromatic rings. The Hall–Kier alpha value is -1.21. The van der Waals surface area contributed by atoms with Crippen LogP contribution in [-0.4, -0.2) is 53.2 Å². The molecule has 5 rings (SSSR count). The molecule has 2 aromatic carbocycles. The topological polar surface area (TPSA) is 26.7 Å². The minimum atomic E-state index is -0.206. The van der Waals surface area contributed by atoms with E-state index in [0.29, 0.717) is 0 Å². The largest absolute Gasteiger partial charge is 0.391 e. The van der Waals surface area contributed by atoms with E-state index in [1.807, 2.05) is 0 Å². The van der Waals surface area contributed by atoms with Gasteiger partial charge in [-0.05, 0) is 83.8 Å². The Morgan fingerprint density at radius 1 is 1.03 bits per heavy atom. The lowest BCUT2D eigenvalue weighted by atomic mass is 9.74. The molecule has 0 amide bonds. The number of nitrogens with zero attached hydrogens (tertiary/aromatic N) is 2. The summed E-state index contributed by atoms with van der Waals surface area (Å²) in [5.41, 5.74) is 4.48. The summed E-state index contributed by atoms with van der Waals surface area (Å²) in [4.78, 5) is 5.09. The van der Waals surface area contributed by atoms with Gasteiger partial charge in [-0.2, -0.15) is 0 Å². The molecule has 0 bridgehead atoms. The first-order valence-corrected chi connectivity index (χ1v) is 11.9. The van der Waals surface area contributed by atoms with E-state index in [2.05, 4.69) is 93.1 Å². The maximum Gasteiger partial charge on any atom is 0.0720 e. The molecule has 2 atom stereocenters. The molecular formula is C25H29IN2O. The fourth-order valence-electron chi connectivity index (χ4n) is 5.51. The Morgan fingerprint density at radius 3 is 2.69 bits per heavy atom. The average molecular weight is 500 g/mol. The fraction of sp³-hybridized carbons (Fsp3) is 0.440. The number of halogens is 1. The van der Waals surface area contributed by atoms with Crippen molar-refractivity contribution in [3.05, 3.63) is 74.9 Å². The smallest absolute Gasteiger partial charge is 0.0720 e. The van der Waals surface area contributed by atoms with Gasteiger partial charge in [0.2, 0.25) is 0 Å². The van der Waals surface area contributed by atoms with Crippen LogP contribution >= 0.6 is 22.6 Å². The number of benzene rings is 2. The molecule has 3 nitrogen and oxygen atoms in total. The lowest BCUT2D eigenvalue weighted by Gasteiger charge is -2.47. The molecule has 1 spiro atoms. The quantitative estimate of drug-likeness (QED) is 0.638. The number of hydrogen-bond donors (Lipinski definition) is 1. The van der Waals surface area contributed by atoms with E-state index in [-0.39, 0.29) is 17.6 Å². The SMILES string of the molecule is O[C@@H]1CCN(Cc2cccc(I)c2)C[C@H]1N1CCC2(C=Cc3ccccc32)CC1. The normalized spacial score (nSPS) is 26.7. The zero-order chi connectivity index (χ0) is 19.8. The Bertz CT molecular complexity index is 903. The Balaban J connectivity index is 1.25. The summed E-state index contributed by atoms with van der Waals surface area (Å²) in [6.07, 6.45) is 7.72. The third kappa shape index (κ3) is 3.92. The van der Waals surface area contributed by atoms with Crippen LogP contribution in [0.3, 0.4) is 0 Å². The average Bonchev–Trinajstić information content (AvgIpc) is 3.09. The Labute approximate surface area is 187 Å². The monoisotopic (exact) mass is 500 g/mol. The Kier molecular flexibility index (Phi) is 5.54. The molecule has 2 saturated heterocycles. The molecule has 0 unspecified atom stereocenters. The first-order valence-electron chi connectivity index (χ1n) is 10.8. The highest BCUT2D eigenvalue weighted by atomic mass is 127. The van der Waals surface area contributed by atoms with Crippen LogP contribution in [0, 0.1) is 3.57 Å². The summed E-state index contributed by atoms with van der Waals surface area (Å²) in [6, 6.07) is 17.9. The van der Waals surface area contributed by atoms with Crippen LogP contribution in [0.25, 0.3) is 6.08 Å². The highest BCUT2D eigenvalue weighted by molar-refractivity contribution is 14.1. The van der Waals surface area contributed by atoms with Gasteiger partial charge in [0.15, 0.2) is 0 Å². The molecule has 0 saturated carbocycles. The molecule has 0 aromatic heterocycles. The van der Waals surface area contributed by atoms with Crippen LogP contribution in [0.15, 0.2) is 54.6 Å². The number of hydrogen-bond acceptors (Lipinski definition) is 3. The van der Waals surface area contributed by atoms with Gasteiger partial charge in [0.1, 0.15) is 0 Å². The predicted octanol–water partition coefficient (Wildman–Crippen LogP) is 4.29. The van der Waals surface area contributed by atoms with Crippen molar-refractivity contribution in [3.63, 3.8) is 0 Å². The molecule has 0 radical (unpaired) electrons. The van der Waals surface area contributed by atoms with E-state index >= 15 is 0 Å². The van der Waals surface area contributed by atoms with Gasteiger partial charge in [-0.3, -0.25) is 9.80 Å². The van der Waals surface area contributed by atoms with Gasteiger partial charge < -0.3 is 5.11 Å². The van der Waals surface area contributed by atoms with Crippen molar-refractivity contribution in [1.29, 1.82) is 0 Å². The van der Waals surface area contributed by atoms with Crippen LogP contribution in [0.2, 0.25) is 0 Å². The van der Waals surface area contributed by atoms with E-state index in [4.69, 9.17) is 0 Å². The van der Waals surface area contributed by atoms with Gasteiger partial charge >= 0.3 is 0 Å². The van der Waals surface area contributed by atoms with Crippen molar-refractivity contribution in [3.8, 4) is 0 Å². The number of fused-ring (bicyclic) bond motifs is 2. The van der Waals surface area contributed by atoms with Gasteiger partial charge in [0.25, 0.3) is 0 Å². The van der Waals surface area contributed by atoms with Crippen molar-refractivity contribution in [1.82, 2.24) is 9.80 Å². The van der Waals surface area contributed by atoms with Crippen LogP contribution in [-0.2, 0) is 12.0 Å². The predicted molar refractivity (Wildman–Crippen MR) is 127 cm³/mol. The number of allylic oxidation sites excluding steroid dienone is 1. The number of piperidine rings is 2. The van der Waals surface area contributed by atoms with Gasteiger partial charge in [0, 0.05) is 34.7 Å². The third-order valence-corrected chi connectivity index (χ3v) is 7.84. The van der Waals surface area contributed by atoms with Crippen molar-refractivity contribution in [2.24, 2.45) is 0 Å². The highest BCUT2D eigenvalue weighted by Crippen LogP contribution is 2.44. The van der Waals surface area contributed by atoms with Crippen LogP contribution < -0.4 is 0 Å². The molecule has 1 N–H and O–H groups in total. The van der Waals surface area contributed by atoms with E-state index in [1.165, 1.54) is 20.3 Å². The first-order chi connectivity index (χ1) is 14.1. The summed E-state index contributed by atoms with van der Waals surface area (Å²) in [5, 5.41) is 10.8. The second kappa shape index (κ2) is 8.14. The Morgan fingerprint density at radius 2 is 1.86 bits per heavy atom. The van der Waals surface area contributed by atoms with E-state index < -0.39 is 0 Å². The zero-order valence-corrected chi connectivity index (χ0v) is 19.0. The molecule has 2 aliphatic heterocycles. The summed E-state index contributed by atoms with van der Waals surface area (Å²) >= 11 is 2.39. The molecular weight excluding hydrogens is 471 g/mol. The van der Waals surface area contributed by atoms with E-state index in [0.717, 1.165) is 52.0 Å². The van der Waals surface area contributed by atoms with E-state index in [1.54, 1.807) is 0 Å². The lowest BCUT2D eigenvalue weighted by molar-refractivity contribution is -0.0256. The molecule has 4 heteroatoms. The lowest BCUT2D eigenvalue weighted by Crippen LogP contribution is -2.57. The molecule has 1 aliphatic carbocycles. The minimum absolute atomic E-state index is 0.206. The second-order valence-electron chi connectivity index (χ2n) is 8.90. The number of aliphatic hydroxyl groups is 1. The van der Waals surface area contributed by atoms with Crippen molar-refractivity contribution in [2.45, 2.75) is 43.4 Å². The molecule has 29 heavy (non-hydrogen) atoms. The van der Waals surface area contributed by atoms with Crippen molar-refractivity contribution in [2.75, 3.05) is 26.2 Å². The van der Waals surface area contributed by atoms with Gasteiger partial charge in [-0.1, -0.05) is 48.6 Å². The van der Waals surface area contributed by atoms with Gasteiger partial charge in [-0.25, -0.2) is 0 Å². The van der Waals surface area contributed by atoms with Gasteiger partial charge in [-0.15, -0.1) is 0 Å². The second-order valence-corrected chi connectivity index (χ2v) is 10.1.